The van der Waals surface area contributed by atoms with Gasteiger partial charge < -0.3 is 9.73 Å². The standard InChI is InChI=1S/C15H18N2O/c1-2-14(11-3-4-11)17-13-7-5-12(6-8-13)15-9-16-10-18-15/h5-11,14,17H,2-4H2,1H3. The van der Waals surface area contributed by atoms with Gasteiger partial charge in [0.2, 0.25) is 0 Å². The van der Waals surface area contributed by atoms with Gasteiger partial charge in [0.1, 0.15) is 0 Å². The molecule has 1 aromatic heterocycles. The lowest BCUT2D eigenvalue weighted by atomic mass is 10.1. The lowest BCUT2D eigenvalue weighted by Gasteiger charge is -2.17. The number of nitrogens with one attached hydrogen (secondary N) is 1. The molecule has 1 aliphatic rings. The molecule has 1 saturated carbocycles. The summed E-state index contributed by atoms with van der Waals surface area (Å²) >= 11 is 0. The zero-order valence-electron chi connectivity index (χ0n) is 10.6. The van der Waals surface area contributed by atoms with Gasteiger partial charge >= 0.3 is 0 Å². The molecule has 1 atom stereocenters. The van der Waals surface area contributed by atoms with Gasteiger partial charge in [-0.15, -0.1) is 0 Å². The quantitative estimate of drug-likeness (QED) is 0.863. The molecule has 1 fully saturated rings. The summed E-state index contributed by atoms with van der Waals surface area (Å²) in [6.45, 7) is 2.25. The molecule has 3 rings (SSSR count). The SMILES string of the molecule is CCC(Nc1ccc(-c2cnco2)cc1)C1CC1. The van der Waals surface area contributed by atoms with Crippen molar-refractivity contribution in [1.82, 2.24) is 4.98 Å². The Labute approximate surface area is 107 Å². The number of rotatable bonds is 5. The maximum atomic E-state index is 5.28. The summed E-state index contributed by atoms with van der Waals surface area (Å²) in [5.74, 6) is 1.69. The number of hydrogen-bond donors (Lipinski definition) is 1. The van der Waals surface area contributed by atoms with E-state index >= 15 is 0 Å². The predicted molar refractivity (Wildman–Crippen MR) is 72.4 cm³/mol. The highest BCUT2D eigenvalue weighted by Gasteiger charge is 2.29. The molecule has 0 bridgehead atoms. The van der Waals surface area contributed by atoms with E-state index in [4.69, 9.17) is 4.42 Å². The highest BCUT2D eigenvalue weighted by Crippen LogP contribution is 2.35. The third-order valence-corrected chi connectivity index (χ3v) is 3.58. The van der Waals surface area contributed by atoms with Crippen LogP contribution >= 0.6 is 0 Å². The summed E-state index contributed by atoms with van der Waals surface area (Å²) in [5.41, 5.74) is 2.26. The molecule has 1 N–H and O–H groups in total. The first-order chi connectivity index (χ1) is 8.86. The van der Waals surface area contributed by atoms with Crippen LogP contribution in [-0.2, 0) is 0 Å². The van der Waals surface area contributed by atoms with Gasteiger partial charge in [-0.25, -0.2) is 4.98 Å². The van der Waals surface area contributed by atoms with E-state index in [9.17, 15) is 0 Å². The van der Waals surface area contributed by atoms with Crippen molar-refractivity contribution >= 4 is 5.69 Å². The molecule has 0 aliphatic heterocycles. The van der Waals surface area contributed by atoms with Crippen LogP contribution in [0.2, 0.25) is 0 Å². The summed E-state index contributed by atoms with van der Waals surface area (Å²) in [5, 5.41) is 3.62. The third-order valence-electron chi connectivity index (χ3n) is 3.58. The Bertz CT molecular complexity index is 486. The Hall–Kier alpha value is -1.77. The van der Waals surface area contributed by atoms with E-state index < -0.39 is 0 Å². The summed E-state index contributed by atoms with van der Waals surface area (Å²) in [7, 11) is 0. The fourth-order valence-electron chi connectivity index (χ4n) is 2.35. The first kappa shape index (κ1) is 11.3. The van der Waals surface area contributed by atoms with Crippen LogP contribution in [0.5, 0.6) is 0 Å². The number of anilines is 1. The second-order valence-corrected chi connectivity index (χ2v) is 4.94. The zero-order chi connectivity index (χ0) is 12.4. The number of hydrogen-bond acceptors (Lipinski definition) is 3. The topological polar surface area (TPSA) is 38.1 Å². The van der Waals surface area contributed by atoms with Gasteiger partial charge in [-0.05, 0) is 49.4 Å². The number of benzene rings is 1. The number of nitrogens with zero attached hydrogens (tertiary/aromatic N) is 1. The fraction of sp³-hybridized carbons (Fsp3) is 0.400. The van der Waals surface area contributed by atoms with E-state index in [0.717, 1.165) is 17.2 Å². The monoisotopic (exact) mass is 242 g/mol. The average molecular weight is 242 g/mol. The molecule has 0 amide bonds. The third kappa shape index (κ3) is 2.40. The Morgan fingerprint density at radius 3 is 2.67 bits per heavy atom. The second kappa shape index (κ2) is 4.84. The highest BCUT2D eigenvalue weighted by molar-refractivity contribution is 5.60. The molecule has 1 aromatic carbocycles. The van der Waals surface area contributed by atoms with Gasteiger partial charge in [-0.1, -0.05) is 6.92 Å². The second-order valence-electron chi connectivity index (χ2n) is 4.94. The maximum Gasteiger partial charge on any atom is 0.181 e. The zero-order valence-corrected chi connectivity index (χ0v) is 10.6. The highest BCUT2D eigenvalue weighted by atomic mass is 16.3. The average Bonchev–Trinajstić information content (AvgIpc) is 3.11. The van der Waals surface area contributed by atoms with E-state index in [2.05, 4.69) is 41.5 Å². The Balaban J connectivity index is 1.70. The molecular weight excluding hydrogens is 224 g/mol. The van der Waals surface area contributed by atoms with Crippen molar-refractivity contribution in [2.24, 2.45) is 5.92 Å². The van der Waals surface area contributed by atoms with Gasteiger partial charge in [0.15, 0.2) is 12.2 Å². The fourth-order valence-corrected chi connectivity index (χ4v) is 2.35. The molecule has 18 heavy (non-hydrogen) atoms. The number of aromatic nitrogens is 1. The van der Waals surface area contributed by atoms with E-state index in [1.165, 1.54) is 31.3 Å². The first-order valence-electron chi connectivity index (χ1n) is 6.62. The molecule has 0 saturated heterocycles. The Morgan fingerprint density at radius 1 is 1.33 bits per heavy atom. The van der Waals surface area contributed by atoms with Crippen LogP contribution in [0.25, 0.3) is 11.3 Å². The van der Waals surface area contributed by atoms with Gasteiger partial charge in [-0.2, -0.15) is 0 Å². The molecule has 0 radical (unpaired) electrons. The van der Waals surface area contributed by atoms with Crippen molar-refractivity contribution in [3.63, 3.8) is 0 Å². The van der Waals surface area contributed by atoms with Crippen LogP contribution in [-0.4, -0.2) is 11.0 Å². The van der Waals surface area contributed by atoms with Crippen LogP contribution in [0.3, 0.4) is 0 Å². The molecule has 94 valence electrons. The van der Waals surface area contributed by atoms with Gasteiger partial charge in [0.25, 0.3) is 0 Å². The van der Waals surface area contributed by atoms with Gasteiger partial charge in [-0.3, -0.25) is 0 Å². The van der Waals surface area contributed by atoms with Crippen molar-refractivity contribution in [3.8, 4) is 11.3 Å². The summed E-state index contributed by atoms with van der Waals surface area (Å²) in [4.78, 5) is 3.93. The normalized spacial score (nSPS) is 16.5. The van der Waals surface area contributed by atoms with Crippen LogP contribution in [0.4, 0.5) is 5.69 Å². The van der Waals surface area contributed by atoms with Crippen molar-refractivity contribution in [2.45, 2.75) is 32.2 Å². The minimum atomic E-state index is 0.626. The van der Waals surface area contributed by atoms with Crippen molar-refractivity contribution < 1.29 is 4.42 Å². The molecule has 0 spiro atoms. The molecule has 1 unspecified atom stereocenters. The lowest BCUT2D eigenvalue weighted by molar-refractivity contribution is 0.572. The van der Waals surface area contributed by atoms with Gasteiger partial charge in [0, 0.05) is 17.3 Å². The minimum Gasteiger partial charge on any atom is -0.444 e. The molecule has 1 heterocycles. The maximum absolute atomic E-state index is 5.28. The minimum absolute atomic E-state index is 0.626. The van der Waals surface area contributed by atoms with E-state index in [-0.39, 0.29) is 0 Å². The molecular formula is C15H18N2O. The molecule has 3 nitrogen and oxygen atoms in total. The Kier molecular flexibility index (Phi) is 3.05. The smallest absolute Gasteiger partial charge is 0.181 e. The van der Waals surface area contributed by atoms with Crippen LogP contribution in [0.15, 0.2) is 41.3 Å². The van der Waals surface area contributed by atoms with E-state index in [0.29, 0.717) is 6.04 Å². The molecule has 3 heteroatoms. The molecule has 2 aromatic rings. The largest absolute Gasteiger partial charge is 0.444 e. The summed E-state index contributed by atoms with van der Waals surface area (Å²) in [6, 6.07) is 9.00. The van der Waals surface area contributed by atoms with Gasteiger partial charge in [0.05, 0.1) is 6.20 Å². The first-order valence-corrected chi connectivity index (χ1v) is 6.62. The van der Waals surface area contributed by atoms with Crippen molar-refractivity contribution in [1.29, 1.82) is 0 Å². The van der Waals surface area contributed by atoms with E-state index in [1.54, 1.807) is 6.20 Å². The Morgan fingerprint density at radius 2 is 2.11 bits per heavy atom. The van der Waals surface area contributed by atoms with Crippen LogP contribution in [0.1, 0.15) is 26.2 Å². The molecule has 1 aliphatic carbocycles. The number of oxazole rings is 1. The predicted octanol–water partition coefficient (Wildman–Crippen LogP) is 3.94. The van der Waals surface area contributed by atoms with E-state index in [1.807, 2.05) is 0 Å². The summed E-state index contributed by atoms with van der Waals surface area (Å²) in [6.07, 6.45) is 7.14. The van der Waals surface area contributed by atoms with Crippen LogP contribution in [0, 0.1) is 5.92 Å². The van der Waals surface area contributed by atoms with Crippen LogP contribution < -0.4 is 5.32 Å². The summed E-state index contributed by atoms with van der Waals surface area (Å²) < 4.78 is 5.28. The lowest BCUT2D eigenvalue weighted by Crippen LogP contribution is -2.20. The van der Waals surface area contributed by atoms with Crippen molar-refractivity contribution in [3.05, 3.63) is 36.9 Å². The van der Waals surface area contributed by atoms with Crippen molar-refractivity contribution in [2.75, 3.05) is 5.32 Å².